The van der Waals surface area contributed by atoms with Gasteiger partial charge in [0.25, 0.3) is 5.69 Å². The molecule has 98 valence electrons. The lowest BCUT2D eigenvalue weighted by atomic mass is 10.2. The molecule has 0 fully saturated rings. The van der Waals surface area contributed by atoms with E-state index in [0.29, 0.717) is 0 Å². The minimum atomic E-state index is -0.638. The second-order valence-electron chi connectivity index (χ2n) is 3.61. The average Bonchev–Trinajstić information content (AvgIpc) is 2.84. The Bertz CT molecular complexity index is 610. The molecule has 2 N–H and O–H groups in total. The van der Waals surface area contributed by atoms with Gasteiger partial charge in [-0.25, -0.2) is 4.68 Å². The van der Waals surface area contributed by atoms with E-state index in [-0.39, 0.29) is 23.7 Å². The molecule has 0 atom stereocenters. The van der Waals surface area contributed by atoms with E-state index in [1.807, 2.05) is 0 Å². The lowest BCUT2D eigenvalue weighted by Crippen LogP contribution is -2.19. The Morgan fingerprint density at radius 1 is 1.53 bits per heavy atom. The van der Waals surface area contributed by atoms with Gasteiger partial charge in [0.2, 0.25) is 5.91 Å². The van der Waals surface area contributed by atoms with E-state index in [2.05, 4.69) is 15.6 Å². The number of rotatable bonds is 4. The molecule has 0 radical (unpaired) electrons. The molecule has 9 heteroatoms. The van der Waals surface area contributed by atoms with Crippen LogP contribution < -0.4 is 5.32 Å². The molecular weight excluding hydrogens is 254 g/mol. The monoisotopic (exact) mass is 263 g/mol. The van der Waals surface area contributed by atoms with Crippen LogP contribution in [0.3, 0.4) is 0 Å². The summed E-state index contributed by atoms with van der Waals surface area (Å²) in [6.07, 6.45) is 2.94. The number of carbonyl (C=O) groups excluding carboxylic acids is 1. The van der Waals surface area contributed by atoms with E-state index in [4.69, 9.17) is 0 Å². The first kappa shape index (κ1) is 12.5. The predicted octanol–water partition coefficient (Wildman–Crippen LogP) is 0.531. The summed E-state index contributed by atoms with van der Waals surface area (Å²) in [4.78, 5) is 21.5. The molecule has 2 aromatic rings. The number of hydrogen-bond donors (Lipinski definition) is 2. The maximum Gasteiger partial charge on any atom is 0.273 e. The number of nitrogens with zero attached hydrogens (tertiary/aromatic N) is 4. The third-order valence-electron chi connectivity index (χ3n) is 2.24. The van der Waals surface area contributed by atoms with Gasteiger partial charge in [0.05, 0.1) is 22.9 Å². The van der Waals surface area contributed by atoms with Gasteiger partial charge in [-0.2, -0.15) is 0 Å². The number of phenolic OH excluding ortho intramolecular Hbond substituents is 1. The van der Waals surface area contributed by atoms with Gasteiger partial charge in [-0.3, -0.25) is 14.9 Å². The number of amides is 1. The molecule has 19 heavy (non-hydrogen) atoms. The van der Waals surface area contributed by atoms with Gasteiger partial charge in [-0.05, 0) is 6.07 Å². The average molecular weight is 263 g/mol. The zero-order chi connectivity index (χ0) is 13.8. The van der Waals surface area contributed by atoms with E-state index < -0.39 is 10.8 Å². The van der Waals surface area contributed by atoms with E-state index in [1.54, 1.807) is 0 Å². The predicted molar refractivity (Wildman–Crippen MR) is 63.4 cm³/mol. The molecule has 0 aliphatic rings. The van der Waals surface area contributed by atoms with Gasteiger partial charge < -0.3 is 10.4 Å². The summed E-state index contributed by atoms with van der Waals surface area (Å²) >= 11 is 0. The second-order valence-corrected chi connectivity index (χ2v) is 3.61. The van der Waals surface area contributed by atoms with Crippen LogP contribution in [0.2, 0.25) is 0 Å². The Labute approximate surface area is 106 Å². The van der Waals surface area contributed by atoms with Crippen LogP contribution in [0.5, 0.6) is 5.75 Å². The number of aromatic nitrogens is 3. The Morgan fingerprint density at radius 2 is 2.32 bits per heavy atom. The maximum atomic E-state index is 11.6. The third kappa shape index (κ3) is 3.03. The largest absolute Gasteiger partial charge is 0.506 e. The molecule has 9 nitrogen and oxygen atoms in total. The van der Waals surface area contributed by atoms with Gasteiger partial charge in [0.15, 0.2) is 0 Å². The van der Waals surface area contributed by atoms with Gasteiger partial charge in [0.1, 0.15) is 12.3 Å². The van der Waals surface area contributed by atoms with Crippen molar-refractivity contribution in [1.82, 2.24) is 15.0 Å². The number of nitrogens with one attached hydrogen (secondary N) is 1. The number of nitro benzene ring substituents is 1. The molecular formula is C10H9N5O4. The van der Waals surface area contributed by atoms with Crippen LogP contribution in [-0.4, -0.2) is 30.9 Å². The van der Waals surface area contributed by atoms with Crippen LogP contribution in [0.25, 0.3) is 0 Å². The van der Waals surface area contributed by atoms with Crippen molar-refractivity contribution in [3.63, 3.8) is 0 Å². The minimum absolute atomic E-state index is 0.0730. The lowest BCUT2D eigenvalue weighted by molar-refractivity contribution is -0.384. The molecule has 0 bridgehead atoms. The fourth-order valence-electron chi connectivity index (χ4n) is 1.39. The normalized spacial score (nSPS) is 10.1. The molecule has 1 heterocycles. The first-order valence-electron chi connectivity index (χ1n) is 5.17. The number of carbonyl (C=O) groups is 1. The lowest BCUT2D eigenvalue weighted by Gasteiger charge is -2.06. The summed E-state index contributed by atoms with van der Waals surface area (Å²) in [7, 11) is 0. The zero-order valence-electron chi connectivity index (χ0n) is 9.55. The summed E-state index contributed by atoms with van der Waals surface area (Å²) in [6.45, 7) is -0.0730. The highest BCUT2D eigenvalue weighted by Gasteiger charge is 2.12. The molecule has 0 aliphatic heterocycles. The smallest absolute Gasteiger partial charge is 0.273 e. The first-order valence-corrected chi connectivity index (χ1v) is 5.17. The number of hydrogen-bond acceptors (Lipinski definition) is 6. The Morgan fingerprint density at radius 3 is 2.89 bits per heavy atom. The van der Waals surface area contributed by atoms with Gasteiger partial charge >= 0.3 is 0 Å². The van der Waals surface area contributed by atoms with Crippen molar-refractivity contribution in [2.45, 2.75) is 6.54 Å². The van der Waals surface area contributed by atoms with Crippen LogP contribution >= 0.6 is 0 Å². The van der Waals surface area contributed by atoms with Crippen LogP contribution in [0.1, 0.15) is 0 Å². The minimum Gasteiger partial charge on any atom is -0.506 e. The van der Waals surface area contributed by atoms with Crippen molar-refractivity contribution in [3.05, 3.63) is 40.7 Å². The molecule has 1 aromatic carbocycles. The van der Waals surface area contributed by atoms with Crippen LogP contribution in [-0.2, 0) is 11.3 Å². The van der Waals surface area contributed by atoms with E-state index in [1.165, 1.54) is 29.2 Å². The molecule has 0 saturated carbocycles. The topological polar surface area (TPSA) is 123 Å². The summed E-state index contributed by atoms with van der Waals surface area (Å²) in [5.74, 6) is -0.809. The Hall–Kier alpha value is -2.97. The summed E-state index contributed by atoms with van der Waals surface area (Å²) in [6, 6.07) is 3.41. The molecule has 0 unspecified atom stereocenters. The molecule has 0 aliphatic carbocycles. The maximum absolute atomic E-state index is 11.6. The van der Waals surface area contributed by atoms with Gasteiger partial charge in [-0.1, -0.05) is 5.21 Å². The Kier molecular flexibility index (Phi) is 3.37. The highest BCUT2D eigenvalue weighted by Crippen LogP contribution is 2.27. The van der Waals surface area contributed by atoms with Gasteiger partial charge in [-0.15, -0.1) is 5.10 Å². The van der Waals surface area contributed by atoms with Crippen molar-refractivity contribution < 1.29 is 14.8 Å². The first-order chi connectivity index (χ1) is 9.06. The number of benzene rings is 1. The molecule has 0 spiro atoms. The van der Waals surface area contributed by atoms with Crippen LogP contribution in [0, 0.1) is 10.1 Å². The molecule has 1 aromatic heterocycles. The molecule has 0 saturated heterocycles. The van der Waals surface area contributed by atoms with E-state index >= 15 is 0 Å². The standard InChI is InChI=1S/C10H9N5O4/c16-9-5-7(15(18)19)1-2-8(9)12-10(17)6-14-4-3-11-13-14/h1-5,16H,6H2,(H,12,17). The second kappa shape index (κ2) is 5.12. The van der Waals surface area contributed by atoms with Crippen molar-refractivity contribution in [1.29, 1.82) is 0 Å². The van der Waals surface area contributed by atoms with Gasteiger partial charge in [0, 0.05) is 12.3 Å². The summed E-state index contributed by atoms with van der Waals surface area (Å²) in [5.41, 5.74) is -0.164. The van der Waals surface area contributed by atoms with Crippen molar-refractivity contribution in [2.24, 2.45) is 0 Å². The summed E-state index contributed by atoms with van der Waals surface area (Å²) < 4.78 is 1.30. The highest BCUT2D eigenvalue weighted by atomic mass is 16.6. The van der Waals surface area contributed by atoms with E-state index in [9.17, 15) is 20.0 Å². The number of nitro groups is 1. The third-order valence-corrected chi connectivity index (χ3v) is 2.24. The number of non-ortho nitro benzene ring substituents is 1. The fourth-order valence-corrected chi connectivity index (χ4v) is 1.39. The SMILES string of the molecule is O=C(Cn1ccnn1)Nc1ccc([N+](=O)[O-])cc1O. The van der Waals surface area contributed by atoms with Crippen molar-refractivity contribution in [2.75, 3.05) is 5.32 Å². The number of phenols is 1. The quantitative estimate of drug-likeness (QED) is 0.471. The molecule has 2 rings (SSSR count). The van der Waals surface area contributed by atoms with Crippen LogP contribution in [0.4, 0.5) is 11.4 Å². The Balaban J connectivity index is 2.07. The van der Waals surface area contributed by atoms with Crippen molar-refractivity contribution >= 4 is 17.3 Å². The van der Waals surface area contributed by atoms with Crippen molar-refractivity contribution in [3.8, 4) is 5.75 Å². The van der Waals surface area contributed by atoms with Crippen LogP contribution in [0.15, 0.2) is 30.6 Å². The zero-order valence-corrected chi connectivity index (χ0v) is 9.55. The molecule has 1 amide bonds. The fraction of sp³-hybridized carbons (Fsp3) is 0.100. The summed E-state index contributed by atoms with van der Waals surface area (Å²) in [5, 5.41) is 29.6. The van der Waals surface area contributed by atoms with E-state index in [0.717, 1.165) is 6.07 Å². The highest BCUT2D eigenvalue weighted by molar-refractivity contribution is 5.92. The number of anilines is 1. The number of aromatic hydroxyl groups is 1.